The lowest BCUT2D eigenvalue weighted by Gasteiger charge is -2.46. The molecule has 3 saturated heterocycles. The smallest absolute Gasteiger partial charge is 0.247 e. The molecule has 214 valence electrons. The highest BCUT2D eigenvalue weighted by atomic mass is 32.2. The Labute approximate surface area is 234 Å². The summed E-state index contributed by atoms with van der Waals surface area (Å²) in [5, 5.41) is 9.66. The number of rotatable bonds is 13. The third kappa shape index (κ3) is 5.58. The molecule has 0 aromatic heterocycles. The molecule has 0 aliphatic carbocycles. The van der Waals surface area contributed by atoms with Gasteiger partial charge >= 0.3 is 0 Å². The van der Waals surface area contributed by atoms with Crippen molar-refractivity contribution in [3.05, 3.63) is 25.3 Å². The molecule has 0 aromatic carbocycles. The molecule has 0 aromatic rings. The van der Waals surface area contributed by atoms with Gasteiger partial charge in [0.25, 0.3) is 0 Å². The molecule has 38 heavy (non-hydrogen) atoms. The van der Waals surface area contributed by atoms with Gasteiger partial charge in [0.15, 0.2) is 0 Å². The van der Waals surface area contributed by atoms with Crippen LogP contribution in [-0.2, 0) is 14.4 Å². The third-order valence-corrected chi connectivity index (χ3v) is 10.3. The topological polar surface area (TPSA) is 81.2 Å². The molecule has 3 rings (SSSR count). The predicted octanol–water partition coefficient (Wildman–Crippen LogP) is 4.11. The zero-order chi connectivity index (χ0) is 28.5. The van der Waals surface area contributed by atoms with Crippen LogP contribution >= 0.6 is 11.8 Å². The maximum atomic E-state index is 14.6. The minimum Gasteiger partial charge on any atom is -0.396 e. The molecule has 8 heteroatoms. The Morgan fingerprint density at radius 1 is 1.16 bits per heavy atom. The standard InChI is InChI=1S/C30H49N3O4S/c1-9-15-31(16-10-2)25(35)22-21-13-14-30(38-21)23(22)26(36)32(18-12-19-34)24(30)27(37)33(17-11-3)29(7,8)20-28(4,5)6/h9,11,21-24,34H,1,3,10,12-20H2,2,4-8H3/t21-,22+,23-,24?,30?/m0/s1. The van der Waals surface area contributed by atoms with E-state index in [9.17, 15) is 19.5 Å². The van der Waals surface area contributed by atoms with Crippen molar-refractivity contribution in [3.63, 3.8) is 0 Å². The summed E-state index contributed by atoms with van der Waals surface area (Å²) >= 11 is 1.70. The fraction of sp³-hybridized carbons (Fsp3) is 0.767. The normalized spacial score (nSPS) is 28.4. The first-order valence-corrected chi connectivity index (χ1v) is 15.1. The van der Waals surface area contributed by atoms with Crippen LogP contribution in [0.2, 0.25) is 0 Å². The molecule has 3 aliphatic rings. The van der Waals surface area contributed by atoms with Gasteiger partial charge in [0.05, 0.1) is 16.6 Å². The zero-order valence-corrected chi connectivity index (χ0v) is 25.2. The Kier molecular flexibility index (Phi) is 9.50. The molecule has 3 amide bonds. The molecule has 0 radical (unpaired) electrons. The van der Waals surface area contributed by atoms with Crippen molar-refractivity contribution in [3.8, 4) is 0 Å². The summed E-state index contributed by atoms with van der Waals surface area (Å²) in [4.78, 5) is 48.1. The Balaban J connectivity index is 2.06. The van der Waals surface area contributed by atoms with Crippen molar-refractivity contribution in [1.29, 1.82) is 0 Å². The Hall–Kier alpha value is -1.80. The van der Waals surface area contributed by atoms with Gasteiger partial charge in [-0.05, 0) is 51.4 Å². The van der Waals surface area contributed by atoms with Gasteiger partial charge in [0.1, 0.15) is 6.04 Å². The van der Waals surface area contributed by atoms with Gasteiger partial charge in [-0.25, -0.2) is 0 Å². The predicted molar refractivity (Wildman–Crippen MR) is 155 cm³/mol. The van der Waals surface area contributed by atoms with Crippen LogP contribution in [0.15, 0.2) is 25.3 Å². The number of nitrogens with zero attached hydrogens (tertiary/aromatic N) is 3. The quantitative estimate of drug-likeness (QED) is 0.351. The van der Waals surface area contributed by atoms with Crippen LogP contribution < -0.4 is 0 Å². The van der Waals surface area contributed by atoms with E-state index in [1.807, 2.05) is 16.7 Å². The Morgan fingerprint density at radius 3 is 2.37 bits per heavy atom. The fourth-order valence-corrected chi connectivity index (χ4v) is 9.64. The summed E-state index contributed by atoms with van der Waals surface area (Å²) in [6.07, 6.45) is 7.08. The molecule has 3 heterocycles. The number of aliphatic hydroxyl groups is 1. The van der Waals surface area contributed by atoms with Gasteiger partial charge in [0.2, 0.25) is 17.7 Å². The number of thioether (sulfide) groups is 1. The van der Waals surface area contributed by atoms with Crippen LogP contribution in [0.5, 0.6) is 0 Å². The maximum absolute atomic E-state index is 14.6. The van der Waals surface area contributed by atoms with Crippen LogP contribution in [0.3, 0.4) is 0 Å². The van der Waals surface area contributed by atoms with Gasteiger partial charge in [0, 0.05) is 43.6 Å². The van der Waals surface area contributed by atoms with Gasteiger partial charge in [-0.15, -0.1) is 24.9 Å². The van der Waals surface area contributed by atoms with E-state index in [0.717, 1.165) is 25.7 Å². The highest BCUT2D eigenvalue weighted by Gasteiger charge is 2.74. The largest absolute Gasteiger partial charge is 0.396 e. The molecular weight excluding hydrogens is 498 g/mol. The van der Waals surface area contributed by atoms with E-state index in [2.05, 4.69) is 47.8 Å². The average Bonchev–Trinajstić information content (AvgIpc) is 3.46. The number of carbonyl (C=O) groups is 3. The summed E-state index contributed by atoms with van der Waals surface area (Å²) in [5.74, 6) is -1.11. The molecule has 0 saturated carbocycles. The van der Waals surface area contributed by atoms with Crippen molar-refractivity contribution in [1.82, 2.24) is 14.7 Å². The molecular formula is C30H49N3O4S. The molecule has 3 fully saturated rings. The van der Waals surface area contributed by atoms with E-state index in [-0.39, 0.29) is 35.0 Å². The lowest BCUT2D eigenvalue weighted by atomic mass is 9.70. The highest BCUT2D eigenvalue weighted by Crippen LogP contribution is 2.66. The summed E-state index contributed by atoms with van der Waals surface area (Å²) in [6.45, 7) is 22.2. The van der Waals surface area contributed by atoms with Crippen molar-refractivity contribution in [2.24, 2.45) is 17.3 Å². The monoisotopic (exact) mass is 547 g/mol. The number of aliphatic hydroxyl groups excluding tert-OH is 1. The Bertz CT molecular complexity index is 929. The van der Waals surface area contributed by atoms with Gasteiger partial charge in [-0.2, -0.15) is 0 Å². The van der Waals surface area contributed by atoms with Crippen LogP contribution in [0.4, 0.5) is 0 Å². The minimum absolute atomic E-state index is 0.00193. The summed E-state index contributed by atoms with van der Waals surface area (Å²) in [5.41, 5.74) is -0.458. The van der Waals surface area contributed by atoms with Crippen molar-refractivity contribution >= 4 is 29.5 Å². The molecule has 7 nitrogen and oxygen atoms in total. The molecule has 3 aliphatic heterocycles. The maximum Gasteiger partial charge on any atom is 0.247 e. The van der Waals surface area contributed by atoms with Gasteiger partial charge in [-0.3, -0.25) is 14.4 Å². The second-order valence-electron chi connectivity index (χ2n) is 13.0. The number of hydrogen-bond acceptors (Lipinski definition) is 5. The first-order valence-electron chi connectivity index (χ1n) is 14.2. The summed E-state index contributed by atoms with van der Waals surface area (Å²) in [7, 11) is 0. The summed E-state index contributed by atoms with van der Waals surface area (Å²) < 4.78 is -0.627. The lowest BCUT2D eigenvalue weighted by Crippen LogP contribution is -2.60. The van der Waals surface area contributed by atoms with E-state index >= 15 is 0 Å². The van der Waals surface area contributed by atoms with Gasteiger partial charge in [-0.1, -0.05) is 39.8 Å². The van der Waals surface area contributed by atoms with Crippen molar-refractivity contribution in [2.45, 2.75) is 95.2 Å². The molecule has 1 N–H and O–H groups in total. The highest BCUT2D eigenvalue weighted by molar-refractivity contribution is 8.02. The SMILES string of the molecule is C=CCN(CCC)C(=O)[C@@H]1[C@@H]2CCC3(S2)C(C(=O)N(CC=C)C(C)(C)CC(C)(C)C)N(CCCO)C(=O)[C@H]13. The van der Waals surface area contributed by atoms with E-state index in [1.54, 1.807) is 28.8 Å². The van der Waals surface area contributed by atoms with E-state index in [0.29, 0.717) is 32.6 Å². The molecule has 1 spiro atoms. The van der Waals surface area contributed by atoms with E-state index in [1.165, 1.54) is 0 Å². The van der Waals surface area contributed by atoms with Gasteiger partial charge < -0.3 is 19.8 Å². The third-order valence-electron chi connectivity index (χ3n) is 8.30. The Morgan fingerprint density at radius 2 is 1.82 bits per heavy atom. The second kappa shape index (κ2) is 11.7. The van der Waals surface area contributed by atoms with E-state index < -0.39 is 28.2 Å². The fourth-order valence-electron chi connectivity index (χ4n) is 7.43. The summed E-state index contributed by atoms with van der Waals surface area (Å²) in [6, 6.07) is -0.655. The molecule has 2 unspecified atom stereocenters. The van der Waals surface area contributed by atoms with Crippen LogP contribution in [0, 0.1) is 17.3 Å². The zero-order valence-electron chi connectivity index (χ0n) is 24.4. The van der Waals surface area contributed by atoms with Crippen molar-refractivity contribution < 1.29 is 19.5 Å². The first-order chi connectivity index (χ1) is 17.8. The van der Waals surface area contributed by atoms with E-state index in [4.69, 9.17) is 0 Å². The lowest BCUT2D eigenvalue weighted by molar-refractivity contribution is -0.147. The second-order valence-corrected chi connectivity index (χ2v) is 14.6. The first kappa shape index (κ1) is 30.7. The van der Waals surface area contributed by atoms with Crippen LogP contribution in [0.1, 0.15) is 73.6 Å². The minimum atomic E-state index is -0.655. The van der Waals surface area contributed by atoms with Crippen LogP contribution in [-0.4, -0.2) is 91.9 Å². The molecule has 2 bridgehead atoms. The van der Waals surface area contributed by atoms with Crippen molar-refractivity contribution in [2.75, 3.05) is 32.8 Å². The average molecular weight is 548 g/mol. The molecule has 5 atom stereocenters. The number of carbonyl (C=O) groups excluding carboxylic acids is 3. The number of amides is 3. The van der Waals surface area contributed by atoms with Crippen LogP contribution in [0.25, 0.3) is 0 Å². The number of likely N-dealkylation sites (tertiary alicyclic amines) is 1. The number of hydrogen-bond donors (Lipinski definition) is 1. The number of fused-ring (bicyclic) bond motifs is 1.